The molecular weight excluding hydrogens is 252 g/mol. The van der Waals surface area contributed by atoms with Crippen molar-refractivity contribution in [3.8, 4) is 11.1 Å². The molecule has 0 N–H and O–H groups in total. The summed E-state index contributed by atoms with van der Waals surface area (Å²) in [5.41, 5.74) is 6.88. The number of hydrogen-bond acceptors (Lipinski definition) is 0. The maximum atomic E-state index is 2.25. The second kappa shape index (κ2) is 6.41. The van der Waals surface area contributed by atoms with Crippen LogP contribution in [0.3, 0.4) is 0 Å². The Morgan fingerprint density at radius 2 is 1.19 bits per heavy atom. The van der Waals surface area contributed by atoms with Gasteiger partial charge in [-0.05, 0) is 47.6 Å². The lowest BCUT2D eigenvalue weighted by atomic mass is 9.93. The van der Waals surface area contributed by atoms with E-state index < -0.39 is 0 Å². The van der Waals surface area contributed by atoms with E-state index in [4.69, 9.17) is 0 Å². The maximum absolute atomic E-state index is 2.25. The van der Waals surface area contributed by atoms with Gasteiger partial charge in [-0.1, -0.05) is 78.9 Å². The molecule has 0 fully saturated rings. The average molecular weight is 272 g/mol. The molecule has 0 radical (unpaired) electrons. The fraction of sp³-hybridized carbons (Fsp3) is 0.143. The summed E-state index contributed by atoms with van der Waals surface area (Å²) >= 11 is 0. The fourth-order valence-electron chi connectivity index (χ4n) is 2.80. The van der Waals surface area contributed by atoms with E-state index in [1.54, 1.807) is 0 Å². The minimum atomic E-state index is 1.08. The quantitative estimate of drug-likeness (QED) is 0.592. The van der Waals surface area contributed by atoms with E-state index in [9.17, 15) is 0 Å². The van der Waals surface area contributed by atoms with Crippen LogP contribution in [0.25, 0.3) is 11.1 Å². The van der Waals surface area contributed by atoms with Crippen molar-refractivity contribution in [1.82, 2.24) is 0 Å². The van der Waals surface area contributed by atoms with Crippen LogP contribution in [0, 0.1) is 6.92 Å². The van der Waals surface area contributed by atoms with Crippen LogP contribution in [0.5, 0.6) is 0 Å². The Morgan fingerprint density at radius 3 is 1.95 bits per heavy atom. The first-order valence-corrected chi connectivity index (χ1v) is 7.52. The third kappa shape index (κ3) is 3.22. The summed E-state index contributed by atoms with van der Waals surface area (Å²) in [5.74, 6) is 0. The van der Waals surface area contributed by atoms with Crippen molar-refractivity contribution < 1.29 is 0 Å². The zero-order valence-corrected chi connectivity index (χ0v) is 12.4. The Kier molecular flexibility index (Phi) is 4.16. The molecule has 104 valence electrons. The van der Waals surface area contributed by atoms with Gasteiger partial charge >= 0.3 is 0 Å². The molecule has 0 atom stereocenters. The smallest absolute Gasteiger partial charge is 0.0149 e. The summed E-state index contributed by atoms with van der Waals surface area (Å²) in [6, 6.07) is 28.1. The highest BCUT2D eigenvalue weighted by molar-refractivity contribution is 5.70. The monoisotopic (exact) mass is 272 g/mol. The van der Waals surface area contributed by atoms with E-state index in [-0.39, 0.29) is 0 Å². The minimum absolute atomic E-state index is 1.08. The van der Waals surface area contributed by atoms with E-state index in [2.05, 4.69) is 85.8 Å². The third-order valence-electron chi connectivity index (χ3n) is 3.98. The molecule has 3 aromatic rings. The number of rotatable bonds is 4. The topological polar surface area (TPSA) is 0 Å². The molecule has 0 aliphatic heterocycles. The molecule has 0 unspecified atom stereocenters. The normalized spacial score (nSPS) is 10.5. The zero-order valence-electron chi connectivity index (χ0n) is 12.4. The van der Waals surface area contributed by atoms with E-state index in [1.807, 2.05) is 0 Å². The molecule has 0 aliphatic carbocycles. The predicted molar refractivity (Wildman–Crippen MR) is 90.5 cm³/mol. The van der Waals surface area contributed by atoms with Crippen molar-refractivity contribution in [1.29, 1.82) is 0 Å². The van der Waals surface area contributed by atoms with Crippen molar-refractivity contribution in [2.45, 2.75) is 19.8 Å². The zero-order chi connectivity index (χ0) is 14.5. The van der Waals surface area contributed by atoms with Crippen LogP contribution in [-0.4, -0.2) is 0 Å². The van der Waals surface area contributed by atoms with Crippen molar-refractivity contribution in [3.05, 3.63) is 95.6 Å². The van der Waals surface area contributed by atoms with Crippen LogP contribution in [-0.2, 0) is 12.8 Å². The van der Waals surface area contributed by atoms with E-state index >= 15 is 0 Å². The molecule has 0 spiro atoms. The van der Waals surface area contributed by atoms with Gasteiger partial charge in [-0.15, -0.1) is 0 Å². The predicted octanol–water partition coefficient (Wildman–Crippen LogP) is 5.45. The Hall–Kier alpha value is -2.34. The van der Waals surface area contributed by atoms with Gasteiger partial charge in [0.05, 0.1) is 0 Å². The van der Waals surface area contributed by atoms with Gasteiger partial charge in [0.2, 0.25) is 0 Å². The van der Waals surface area contributed by atoms with Gasteiger partial charge in [0.25, 0.3) is 0 Å². The minimum Gasteiger partial charge on any atom is -0.0622 e. The fourth-order valence-corrected chi connectivity index (χ4v) is 2.80. The molecule has 3 rings (SSSR count). The highest BCUT2D eigenvalue weighted by Gasteiger charge is 2.06. The lowest BCUT2D eigenvalue weighted by Gasteiger charge is -2.12. The van der Waals surface area contributed by atoms with E-state index in [0.717, 1.165) is 12.8 Å². The molecular formula is C21H20. The van der Waals surface area contributed by atoms with E-state index in [0.29, 0.717) is 0 Å². The van der Waals surface area contributed by atoms with Crippen LogP contribution in [0.15, 0.2) is 78.9 Å². The van der Waals surface area contributed by atoms with Gasteiger partial charge in [-0.3, -0.25) is 0 Å². The molecule has 0 heteroatoms. The Bertz CT molecular complexity index is 711. The number of hydrogen-bond donors (Lipinski definition) is 0. The summed E-state index contributed by atoms with van der Waals surface area (Å²) in [6.45, 7) is 2.18. The highest BCUT2D eigenvalue weighted by atomic mass is 14.1. The van der Waals surface area contributed by atoms with Gasteiger partial charge in [-0.2, -0.15) is 0 Å². The SMILES string of the molecule is Cc1ccccc1-c1ccccc1CCc1ccccc1. The molecule has 0 amide bonds. The Balaban J connectivity index is 1.88. The Morgan fingerprint density at radius 1 is 0.571 bits per heavy atom. The van der Waals surface area contributed by atoms with Gasteiger partial charge < -0.3 is 0 Å². The highest BCUT2D eigenvalue weighted by Crippen LogP contribution is 2.27. The average Bonchev–Trinajstić information content (AvgIpc) is 2.55. The van der Waals surface area contributed by atoms with Crippen molar-refractivity contribution >= 4 is 0 Å². The summed E-state index contributed by atoms with van der Waals surface area (Å²) < 4.78 is 0. The van der Waals surface area contributed by atoms with Crippen molar-refractivity contribution in [2.24, 2.45) is 0 Å². The molecule has 0 heterocycles. The molecule has 0 aromatic heterocycles. The number of aryl methyl sites for hydroxylation is 3. The second-order valence-electron chi connectivity index (χ2n) is 5.46. The third-order valence-corrected chi connectivity index (χ3v) is 3.98. The van der Waals surface area contributed by atoms with Crippen molar-refractivity contribution in [3.63, 3.8) is 0 Å². The first-order chi connectivity index (χ1) is 10.3. The van der Waals surface area contributed by atoms with Crippen LogP contribution in [0.2, 0.25) is 0 Å². The second-order valence-corrected chi connectivity index (χ2v) is 5.46. The standard InChI is InChI=1S/C21H20/c1-17-9-5-7-13-20(17)21-14-8-6-12-19(21)16-15-18-10-3-2-4-11-18/h2-14H,15-16H2,1H3. The van der Waals surface area contributed by atoms with Gasteiger partial charge in [0.15, 0.2) is 0 Å². The largest absolute Gasteiger partial charge is 0.0622 e. The lowest BCUT2D eigenvalue weighted by Crippen LogP contribution is -1.95. The summed E-state index contributed by atoms with van der Waals surface area (Å²) in [4.78, 5) is 0. The van der Waals surface area contributed by atoms with Gasteiger partial charge in [0, 0.05) is 0 Å². The van der Waals surface area contributed by atoms with Crippen LogP contribution in [0.4, 0.5) is 0 Å². The lowest BCUT2D eigenvalue weighted by molar-refractivity contribution is 0.962. The van der Waals surface area contributed by atoms with Crippen LogP contribution in [0.1, 0.15) is 16.7 Å². The summed E-state index contributed by atoms with van der Waals surface area (Å²) in [7, 11) is 0. The molecule has 0 saturated heterocycles. The summed E-state index contributed by atoms with van der Waals surface area (Å²) in [6.07, 6.45) is 2.16. The van der Waals surface area contributed by atoms with Gasteiger partial charge in [0.1, 0.15) is 0 Å². The van der Waals surface area contributed by atoms with Gasteiger partial charge in [-0.25, -0.2) is 0 Å². The number of benzene rings is 3. The maximum Gasteiger partial charge on any atom is -0.0149 e. The van der Waals surface area contributed by atoms with E-state index in [1.165, 1.54) is 27.8 Å². The van der Waals surface area contributed by atoms with Crippen LogP contribution >= 0.6 is 0 Å². The van der Waals surface area contributed by atoms with Crippen LogP contribution < -0.4 is 0 Å². The summed E-state index contributed by atoms with van der Waals surface area (Å²) in [5, 5.41) is 0. The first kappa shape index (κ1) is 13.6. The molecule has 0 nitrogen and oxygen atoms in total. The molecule has 21 heavy (non-hydrogen) atoms. The first-order valence-electron chi connectivity index (χ1n) is 7.52. The van der Waals surface area contributed by atoms with Crippen molar-refractivity contribution in [2.75, 3.05) is 0 Å². The molecule has 0 aliphatic rings. The Labute approximate surface area is 127 Å². The molecule has 0 saturated carbocycles. The molecule has 0 bridgehead atoms. The molecule has 3 aromatic carbocycles.